The summed E-state index contributed by atoms with van der Waals surface area (Å²) in [5.74, 6) is 0.659. The van der Waals surface area contributed by atoms with Crippen LogP contribution in [0.4, 0.5) is 5.69 Å². The first-order valence-electron chi connectivity index (χ1n) is 7.22. The molecule has 20 heavy (non-hydrogen) atoms. The molecule has 0 bridgehead atoms. The molecular weight excluding hydrogens is 256 g/mol. The van der Waals surface area contributed by atoms with Gasteiger partial charge in [0.15, 0.2) is 0 Å². The van der Waals surface area contributed by atoms with E-state index in [1.165, 1.54) is 0 Å². The number of hydrogen-bond donors (Lipinski definition) is 0. The molecule has 1 heterocycles. The number of nitro groups is 1. The van der Waals surface area contributed by atoms with Crippen molar-refractivity contribution in [2.75, 3.05) is 32.8 Å². The molecule has 0 aliphatic carbocycles. The van der Waals surface area contributed by atoms with E-state index in [2.05, 4.69) is 11.8 Å². The Morgan fingerprint density at radius 3 is 2.70 bits per heavy atom. The molecule has 0 amide bonds. The SMILES string of the molecule is CCN(CCc1ccc([N+](=O)[O-])cc1)CC1CCOC1. The van der Waals surface area contributed by atoms with Gasteiger partial charge in [-0.15, -0.1) is 0 Å². The average molecular weight is 278 g/mol. The highest BCUT2D eigenvalue weighted by Gasteiger charge is 2.18. The number of nitrogens with zero attached hydrogens (tertiary/aromatic N) is 2. The zero-order chi connectivity index (χ0) is 14.4. The molecule has 110 valence electrons. The van der Waals surface area contributed by atoms with Gasteiger partial charge in [-0.25, -0.2) is 0 Å². The summed E-state index contributed by atoms with van der Waals surface area (Å²) in [7, 11) is 0. The second-order valence-corrected chi connectivity index (χ2v) is 5.30. The number of likely N-dealkylation sites (N-methyl/N-ethyl adjacent to an activating group) is 1. The highest BCUT2D eigenvalue weighted by atomic mass is 16.6. The Morgan fingerprint density at radius 2 is 2.15 bits per heavy atom. The maximum atomic E-state index is 10.6. The third kappa shape index (κ3) is 4.28. The van der Waals surface area contributed by atoms with Crippen LogP contribution in [0, 0.1) is 16.0 Å². The van der Waals surface area contributed by atoms with E-state index >= 15 is 0 Å². The number of rotatable bonds is 7. The smallest absolute Gasteiger partial charge is 0.269 e. The van der Waals surface area contributed by atoms with E-state index < -0.39 is 0 Å². The van der Waals surface area contributed by atoms with Crippen molar-refractivity contribution < 1.29 is 9.66 Å². The van der Waals surface area contributed by atoms with Crippen molar-refractivity contribution in [2.45, 2.75) is 19.8 Å². The van der Waals surface area contributed by atoms with Crippen molar-refractivity contribution in [1.29, 1.82) is 0 Å². The molecule has 0 spiro atoms. The molecule has 1 aromatic carbocycles. The lowest BCUT2D eigenvalue weighted by atomic mass is 10.1. The minimum Gasteiger partial charge on any atom is -0.381 e. The minimum absolute atomic E-state index is 0.157. The second-order valence-electron chi connectivity index (χ2n) is 5.30. The van der Waals surface area contributed by atoms with Crippen LogP contribution in [0.5, 0.6) is 0 Å². The number of benzene rings is 1. The number of nitro benzene ring substituents is 1. The van der Waals surface area contributed by atoms with Gasteiger partial charge in [-0.2, -0.15) is 0 Å². The Balaban J connectivity index is 1.81. The van der Waals surface area contributed by atoms with Crippen molar-refractivity contribution >= 4 is 5.69 Å². The van der Waals surface area contributed by atoms with Crippen LogP contribution < -0.4 is 0 Å². The largest absolute Gasteiger partial charge is 0.381 e. The molecule has 5 heteroatoms. The Labute approximate surface area is 119 Å². The molecule has 1 saturated heterocycles. The van der Waals surface area contributed by atoms with Gasteiger partial charge in [0.25, 0.3) is 5.69 Å². The first kappa shape index (κ1) is 14.9. The first-order valence-corrected chi connectivity index (χ1v) is 7.22. The van der Waals surface area contributed by atoms with Gasteiger partial charge in [0.2, 0.25) is 0 Å². The van der Waals surface area contributed by atoms with Crippen molar-refractivity contribution in [3.8, 4) is 0 Å². The number of non-ortho nitro benzene ring substituents is 1. The van der Waals surface area contributed by atoms with E-state index in [1.807, 2.05) is 12.1 Å². The standard InChI is InChI=1S/C15H22N2O3/c1-2-16(11-14-8-10-20-12-14)9-7-13-3-5-15(6-4-13)17(18)19/h3-6,14H,2,7-12H2,1H3. The summed E-state index contributed by atoms with van der Waals surface area (Å²) in [6, 6.07) is 6.86. The summed E-state index contributed by atoms with van der Waals surface area (Å²) in [6.07, 6.45) is 2.09. The number of ether oxygens (including phenoxy) is 1. The van der Waals surface area contributed by atoms with E-state index in [0.717, 1.165) is 51.3 Å². The van der Waals surface area contributed by atoms with Crippen molar-refractivity contribution in [3.63, 3.8) is 0 Å². The topological polar surface area (TPSA) is 55.6 Å². The van der Waals surface area contributed by atoms with Crippen LogP contribution in [0.1, 0.15) is 18.9 Å². The van der Waals surface area contributed by atoms with E-state index in [0.29, 0.717) is 5.92 Å². The average Bonchev–Trinajstić information content (AvgIpc) is 2.96. The van der Waals surface area contributed by atoms with Crippen LogP contribution >= 0.6 is 0 Å². The van der Waals surface area contributed by atoms with E-state index in [1.54, 1.807) is 12.1 Å². The Hall–Kier alpha value is -1.46. The minimum atomic E-state index is -0.359. The third-order valence-corrected chi connectivity index (χ3v) is 3.85. The Bertz CT molecular complexity index is 427. The third-order valence-electron chi connectivity index (χ3n) is 3.85. The molecule has 1 fully saturated rings. The molecule has 0 N–H and O–H groups in total. The van der Waals surface area contributed by atoms with Crippen LogP contribution in [0.15, 0.2) is 24.3 Å². The fraction of sp³-hybridized carbons (Fsp3) is 0.600. The summed E-state index contributed by atoms with van der Waals surface area (Å²) >= 11 is 0. The lowest BCUT2D eigenvalue weighted by Gasteiger charge is -2.23. The molecule has 1 atom stereocenters. The maximum Gasteiger partial charge on any atom is 0.269 e. The zero-order valence-electron chi connectivity index (χ0n) is 12.0. The van der Waals surface area contributed by atoms with E-state index in [-0.39, 0.29) is 10.6 Å². The summed E-state index contributed by atoms with van der Waals surface area (Å²) in [5, 5.41) is 10.6. The van der Waals surface area contributed by atoms with Gasteiger partial charge in [-0.1, -0.05) is 19.1 Å². The molecular formula is C15H22N2O3. The quantitative estimate of drug-likeness (QED) is 0.568. The first-order chi connectivity index (χ1) is 9.69. The van der Waals surface area contributed by atoms with Gasteiger partial charge in [0.05, 0.1) is 11.5 Å². The molecule has 5 nitrogen and oxygen atoms in total. The van der Waals surface area contributed by atoms with Gasteiger partial charge in [-0.3, -0.25) is 10.1 Å². The fourth-order valence-electron chi connectivity index (χ4n) is 2.54. The van der Waals surface area contributed by atoms with Gasteiger partial charge in [0.1, 0.15) is 0 Å². The van der Waals surface area contributed by atoms with Gasteiger partial charge in [0, 0.05) is 31.8 Å². The predicted octanol–water partition coefficient (Wildman–Crippen LogP) is 2.50. The van der Waals surface area contributed by atoms with Crippen LogP contribution in [-0.4, -0.2) is 42.7 Å². The molecule has 1 aromatic rings. The van der Waals surface area contributed by atoms with Crippen LogP contribution in [-0.2, 0) is 11.2 Å². The van der Waals surface area contributed by atoms with Crippen molar-refractivity contribution in [3.05, 3.63) is 39.9 Å². The Kier molecular flexibility index (Phi) is 5.49. The molecule has 0 saturated carbocycles. The monoisotopic (exact) mass is 278 g/mol. The normalized spacial score (nSPS) is 18.6. The van der Waals surface area contributed by atoms with E-state index in [9.17, 15) is 10.1 Å². The van der Waals surface area contributed by atoms with Crippen molar-refractivity contribution in [1.82, 2.24) is 4.90 Å². The molecule has 1 unspecified atom stereocenters. The maximum absolute atomic E-state index is 10.6. The summed E-state index contributed by atoms with van der Waals surface area (Å²) in [6.45, 7) is 7.06. The van der Waals surface area contributed by atoms with Crippen LogP contribution in [0.2, 0.25) is 0 Å². The van der Waals surface area contributed by atoms with Gasteiger partial charge < -0.3 is 9.64 Å². The highest BCUT2D eigenvalue weighted by molar-refractivity contribution is 5.32. The molecule has 1 aliphatic heterocycles. The summed E-state index contributed by atoms with van der Waals surface area (Å²) in [5.41, 5.74) is 1.31. The molecule has 2 rings (SSSR count). The van der Waals surface area contributed by atoms with E-state index in [4.69, 9.17) is 4.74 Å². The van der Waals surface area contributed by atoms with Crippen LogP contribution in [0.3, 0.4) is 0 Å². The van der Waals surface area contributed by atoms with Gasteiger partial charge >= 0.3 is 0 Å². The molecule has 1 aliphatic rings. The summed E-state index contributed by atoms with van der Waals surface area (Å²) in [4.78, 5) is 12.7. The highest BCUT2D eigenvalue weighted by Crippen LogP contribution is 2.15. The second kappa shape index (κ2) is 7.36. The van der Waals surface area contributed by atoms with Crippen molar-refractivity contribution in [2.24, 2.45) is 5.92 Å². The Morgan fingerprint density at radius 1 is 1.40 bits per heavy atom. The lowest BCUT2D eigenvalue weighted by molar-refractivity contribution is -0.384. The molecule has 0 aromatic heterocycles. The van der Waals surface area contributed by atoms with Crippen LogP contribution in [0.25, 0.3) is 0 Å². The molecule has 0 radical (unpaired) electrons. The summed E-state index contributed by atoms with van der Waals surface area (Å²) < 4.78 is 5.41. The lowest BCUT2D eigenvalue weighted by Crippen LogP contribution is -2.31. The fourth-order valence-corrected chi connectivity index (χ4v) is 2.54. The van der Waals surface area contributed by atoms with Gasteiger partial charge in [-0.05, 0) is 30.9 Å². The number of hydrogen-bond acceptors (Lipinski definition) is 4. The zero-order valence-corrected chi connectivity index (χ0v) is 12.0. The predicted molar refractivity (Wildman–Crippen MR) is 77.8 cm³/mol.